The van der Waals surface area contributed by atoms with Crippen molar-refractivity contribution in [3.05, 3.63) is 0 Å². The van der Waals surface area contributed by atoms with Crippen molar-refractivity contribution < 1.29 is 9.90 Å². The lowest BCUT2D eigenvalue weighted by Gasteiger charge is -2.14. The van der Waals surface area contributed by atoms with E-state index in [-0.39, 0.29) is 24.9 Å². The number of rotatable bonds is 2. The summed E-state index contributed by atoms with van der Waals surface area (Å²) in [6.45, 7) is 1.69. The van der Waals surface area contributed by atoms with Crippen molar-refractivity contribution in [1.29, 1.82) is 0 Å². The average Bonchev–Trinajstić information content (AvgIpc) is 2.52. The summed E-state index contributed by atoms with van der Waals surface area (Å²) < 4.78 is 0. The highest BCUT2D eigenvalue weighted by molar-refractivity contribution is 8.14. The minimum absolute atomic E-state index is 0. The molecular weight excluding hydrogens is 212 g/mol. The van der Waals surface area contributed by atoms with E-state index < -0.39 is 5.97 Å². The number of thioether (sulfide) groups is 1. The number of carbonyl (C=O) groups excluding carboxylic acids is 1. The number of carbonyl (C=O) groups is 1. The highest BCUT2D eigenvalue weighted by atomic mass is 35.5. The fourth-order valence-corrected chi connectivity index (χ4v) is 2.76. The van der Waals surface area contributed by atoms with Crippen molar-refractivity contribution in [2.45, 2.75) is 12.5 Å². The van der Waals surface area contributed by atoms with Crippen LogP contribution in [-0.2, 0) is 4.79 Å². The minimum Gasteiger partial charge on any atom is -0.550 e. The van der Waals surface area contributed by atoms with E-state index in [1.54, 1.807) is 11.8 Å². The fourth-order valence-electron chi connectivity index (χ4n) is 1.53. The normalized spacial score (nSPS) is 25.1. The zero-order chi connectivity index (χ0) is 8.55. The standard InChI is InChI=1S/C7H10N2O2S.ClH/c10-6(11)3-5-4-12-7-8-1-2-9(5)7;/h5H,1-4H2,(H,10,11);1H/q+1;/p-1. The Morgan fingerprint density at radius 2 is 2.54 bits per heavy atom. The van der Waals surface area contributed by atoms with E-state index >= 15 is 0 Å². The molecule has 0 aromatic rings. The van der Waals surface area contributed by atoms with Gasteiger partial charge in [-0.3, -0.25) is 0 Å². The molecule has 1 unspecified atom stereocenters. The van der Waals surface area contributed by atoms with Crippen LogP contribution in [0, 0.1) is 0 Å². The van der Waals surface area contributed by atoms with Gasteiger partial charge in [-0.15, -0.1) is 12.4 Å². The van der Waals surface area contributed by atoms with Gasteiger partial charge < -0.3 is 9.90 Å². The monoisotopic (exact) mass is 221 g/mol. The molecule has 0 N–H and O–H groups in total. The molecule has 1 saturated heterocycles. The first-order valence-electron chi connectivity index (χ1n) is 3.91. The zero-order valence-corrected chi connectivity index (χ0v) is 8.57. The maximum atomic E-state index is 10.4. The van der Waals surface area contributed by atoms with Crippen molar-refractivity contribution in [2.24, 2.45) is 0 Å². The van der Waals surface area contributed by atoms with Gasteiger partial charge in [-0.2, -0.15) is 0 Å². The number of carboxylic acid groups (broad SMARTS) is 1. The third-order valence-electron chi connectivity index (χ3n) is 2.08. The molecule has 0 aromatic carbocycles. The lowest BCUT2D eigenvalue weighted by atomic mass is 10.2. The summed E-state index contributed by atoms with van der Waals surface area (Å²) in [5, 5.41) is 11.4. The van der Waals surface area contributed by atoms with Gasteiger partial charge in [0.2, 0.25) is 0 Å². The van der Waals surface area contributed by atoms with Crippen LogP contribution < -0.4 is 10.1 Å². The molecule has 0 aliphatic carbocycles. The average molecular weight is 222 g/mol. The van der Waals surface area contributed by atoms with Gasteiger partial charge in [0.1, 0.15) is 12.6 Å². The van der Waals surface area contributed by atoms with Crippen molar-refractivity contribution in [3.8, 4) is 0 Å². The molecule has 4 nitrogen and oxygen atoms in total. The van der Waals surface area contributed by atoms with Gasteiger partial charge in [0, 0.05) is 18.1 Å². The SMILES string of the molecule is Cl.O=C([O-])CC1CSC2=[N+]CCN21. The van der Waals surface area contributed by atoms with Crippen LogP contribution in [0.1, 0.15) is 6.42 Å². The molecule has 0 saturated carbocycles. The molecule has 73 valence electrons. The van der Waals surface area contributed by atoms with Crippen LogP contribution in [-0.4, -0.2) is 40.9 Å². The van der Waals surface area contributed by atoms with Gasteiger partial charge in [0.15, 0.2) is 6.54 Å². The largest absolute Gasteiger partial charge is 0.550 e. The van der Waals surface area contributed by atoms with Crippen LogP contribution in [0.2, 0.25) is 0 Å². The molecule has 0 bridgehead atoms. The maximum Gasteiger partial charge on any atom is 0.349 e. The van der Waals surface area contributed by atoms with Crippen molar-refractivity contribution in [2.75, 3.05) is 18.8 Å². The number of carboxylic acids is 1. The number of amidine groups is 1. The molecule has 0 spiro atoms. The van der Waals surface area contributed by atoms with Crippen LogP contribution >= 0.6 is 24.2 Å². The summed E-state index contributed by atoms with van der Waals surface area (Å²) in [5.41, 5.74) is 0. The Hall–Kier alpha value is -0.420. The molecule has 6 heteroatoms. The van der Waals surface area contributed by atoms with E-state index in [1.165, 1.54) is 0 Å². The Morgan fingerprint density at radius 3 is 3.23 bits per heavy atom. The number of fused-ring (bicyclic) bond motifs is 1. The quantitative estimate of drug-likeness (QED) is 0.580. The van der Waals surface area contributed by atoms with Gasteiger partial charge in [0.05, 0.1) is 0 Å². The first kappa shape index (κ1) is 10.7. The maximum absolute atomic E-state index is 10.4. The van der Waals surface area contributed by atoms with E-state index in [1.807, 2.05) is 0 Å². The first-order valence-corrected chi connectivity index (χ1v) is 4.89. The van der Waals surface area contributed by atoms with E-state index in [9.17, 15) is 9.90 Å². The first-order chi connectivity index (χ1) is 5.77. The van der Waals surface area contributed by atoms with Gasteiger partial charge in [-0.1, -0.05) is 4.99 Å². The smallest absolute Gasteiger partial charge is 0.349 e. The molecule has 0 amide bonds. The number of aliphatic imine (C=N–C) groups is 1. The summed E-state index contributed by atoms with van der Waals surface area (Å²) in [7, 11) is 0. The molecule has 13 heavy (non-hydrogen) atoms. The summed E-state index contributed by atoms with van der Waals surface area (Å²) in [6.07, 6.45) is 0.131. The molecule has 1 radical (unpaired) electrons. The topological polar surface area (TPSA) is 57.5 Å². The molecular formula is C7H10ClN2O2S. The van der Waals surface area contributed by atoms with Crippen molar-refractivity contribution in [1.82, 2.24) is 9.89 Å². The Balaban J connectivity index is 0.000000845. The second kappa shape index (κ2) is 4.19. The number of halogens is 1. The lowest BCUT2D eigenvalue weighted by molar-refractivity contribution is -0.306. The number of nitrogens with zero attached hydrogens (tertiary/aromatic N) is 2. The second-order valence-electron chi connectivity index (χ2n) is 2.90. The minimum atomic E-state index is -0.964. The molecule has 1 atom stereocenters. The summed E-state index contributed by atoms with van der Waals surface area (Å²) in [5.74, 6) is -0.124. The fraction of sp³-hybridized carbons (Fsp3) is 0.714. The van der Waals surface area contributed by atoms with Gasteiger partial charge in [-0.05, 0) is 11.8 Å². The number of hydrogen-bond donors (Lipinski definition) is 0. The molecule has 2 heterocycles. The van der Waals surface area contributed by atoms with E-state index in [0.717, 1.165) is 24.0 Å². The molecule has 2 aliphatic rings. The molecule has 2 rings (SSSR count). The summed E-state index contributed by atoms with van der Waals surface area (Å²) in [6, 6.07) is 0.112. The predicted octanol–water partition coefficient (Wildman–Crippen LogP) is -1.33. The second-order valence-corrected chi connectivity index (χ2v) is 3.89. The highest BCUT2D eigenvalue weighted by Crippen LogP contribution is 2.25. The Bertz CT molecular complexity index is 247. The van der Waals surface area contributed by atoms with Crippen molar-refractivity contribution >= 4 is 35.3 Å². The summed E-state index contributed by atoms with van der Waals surface area (Å²) in [4.78, 5) is 16.7. The predicted molar refractivity (Wildman–Crippen MR) is 51.8 cm³/mol. The van der Waals surface area contributed by atoms with Gasteiger partial charge >= 0.3 is 5.17 Å². The molecule has 0 aromatic heterocycles. The Labute approximate surface area is 86.8 Å². The Morgan fingerprint density at radius 1 is 1.77 bits per heavy atom. The number of aliphatic carboxylic acids is 1. The van der Waals surface area contributed by atoms with Gasteiger partial charge in [0.25, 0.3) is 0 Å². The Kier molecular flexibility index (Phi) is 3.44. The molecule has 2 aliphatic heterocycles. The van der Waals surface area contributed by atoms with Crippen LogP contribution in [0.5, 0.6) is 0 Å². The van der Waals surface area contributed by atoms with Gasteiger partial charge in [-0.25, -0.2) is 4.90 Å². The van der Waals surface area contributed by atoms with E-state index in [2.05, 4.69) is 9.89 Å². The number of hydrogen-bond acceptors (Lipinski definition) is 5. The van der Waals surface area contributed by atoms with E-state index in [0.29, 0.717) is 0 Å². The highest BCUT2D eigenvalue weighted by Gasteiger charge is 2.41. The zero-order valence-electron chi connectivity index (χ0n) is 6.93. The third-order valence-corrected chi connectivity index (χ3v) is 3.25. The summed E-state index contributed by atoms with van der Waals surface area (Å²) >= 11 is 1.65. The molecule has 1 fully saturated rings. The van der Waals surface area contributed by atoms with Crippen LogP contribution in [0.15, 0.2) is 0 Å². The lowest BCUT2D eigenvalue weighted by Crippen LogP contribution is -2.37. The van der Waals surface area contributed by atoms with Crippen molar-refractivity contribution in [3.63, 3.8) is 0 Å². The van der Waals surface area contributed by atoms with Crippen LogP contribution in [0.4, 0.5) is 0 Å². The van der Waals surface area contributed by atoms with Crippen LogP contribution in [0.3, 0.4) is 0 Å². The van der Waals surface area contributed by atoms with E-state index in [4.69, 9.17) is 0 Å². The third kappa shape index (κ3) is 2.08. The van der Waals surface area contributed by atoms with Crippen LogP contribution in [0.25, 0.3) is 0 Å².